The molecule has 0 saturated carbocycles. The van der Waals surface area contributed by atoms with Crippen molar-refractivity contribution in [3.05, 3.63) is 101 Å². The molecule has 0 spiro atoms. The molecule has 0 bridgehead atoms. The van der Waals surface area contributed by atoms with Crippen LogP contribution >= 0.6 is 0 Å². The second-order valence-electron chi connectivity index (χ2n) is 7.45. The molecule has 6 nitrogen and oxygen atoms in total. The molecular formula is C25H16N2O4. The molecule has 0 radical (unpaired) electrons. The summed E-state index contributed by atoms with van der Waals surface area (Å²) >= 11 is 0. The molecule has 1 atom stereocenters. The van der Waals surface area contributed by atoms with Crippen molar-refractivity contribution >= 4 is 33.5 Å². The Hall–Kier alpha value is -4.32. The lowest BCUT2D eigenvalue weighted by Gasteiger charge is -2.29. The van der Waals surface area contributed by atoms with E-state index in [9.17, 15) is 9.59 Å². The van der Waals surface area contributed by atoms with Gasteiger partial charge in [-0.15, -0.1) is 0 Å². The van der Waals surface area contributed by atoms with Gasteiger partial charge in [-0.3, -0.25) is 9.59 Å². The summed E-state index contributed by atoms with van der Waals surface area (Å²) in [5.41, 5.74) is 4.11. The molecular weight excluding hydrogens is 392 g/mol. The van der Waals surface area contributed by atoms with Gasteiger partial charge in [-0.25, -0.2) is 0 Å². The molecule has 150 valence electrons. The second-order valence-corrected chi connectivity index (χ2v) is 7.45. The molecule has 2 aromatic heterocycles. The predicted molar refractivity (Wildman–Crippen MR) is 118 cm³/mol. The number of rotatable bonds is 2. The zero-order valence-electron chi connectivity index (χ0n) is 16.2. The van der Waals surface area contributed by atoms with Crippen LogP contribution in [-0.2, 0) is 0 Å². The minimum atomic E-state index is -0.467. The summed E-state index contributed by atoms with van der Waals surface area (Å²) in [5.74, 6) is -0.272. The van der Waals surface area contributed by atoms with E-state index in [0.29, 0.717) is 38.8 Å². The highest BCUT2D eigenvalue weighted by atomic mass is 16.3. The second kappa shape index (κ2) is 6.60. The van der Waals surface area contributed by atoms with Crippen LogP contribution in [0.2, 0.25) is 0 Å². The van der Waals surface area contributed by atoms with E-state index in [-0.39, 0.29) is 11.3 Å². The lowest BCUT2D eigenvalue weighted by atomic mass is 9.94. The predicted octanol–water partition coefficient (Wildman–Crippen LogP) is 5.06. The van der Waals surface area contributed by atoms with Gasteiger partial charge in [0.25, 0.3) is 5.91 Å². The largest absolute Gasteiger partial charge is 0.472 e. The Morgan fingerprint density at radius 1 is 0.839 bits per heavy atom. The highest BCUT2D eigenvalue weighted by Crippen LogP contribution is 2.41. The molecule has 1 amide bonds. The number of nitrogens with one attached hydrogen (secondary N) is 2. The van der Waals surface area contributed by atoms with Gasteiger partial charge in [-0.2, -0.15) is 0 Å². The first kappa shape index (κ1) is 17.5. The van der Waals surface area contributed by atoms with Crippen molar-refractivity contribution in [3.8, 4) is 11.1 Å². The number of para-hydroxylation sites is 1. The topological polar surface area (TPSA) is 84.5 Å². The maximum absolute atomic E-state index is 13.3. The molecule has 6 rings (SSSR count). The summed E-state index contributed by atoms with van der Waals surface area (Å²) in [6, 6.07) is 20.2. The number of anilines is 1. The lowest BCUT2D eigenvalue weighted by molar-refractivity contribution is 0.0936. The van der Waals surface area contributed by atoms with Crippen molar-refractivity contribution in [2.45, 2.75) is 6.17 Å². The van der Waals surface area contributed by atoms with Crippen molar-refractivity contribution < 1.29 is 13.6 Å². The van der Waals surface area contributed by atoms with Crippen molar-refractivity contribution in [1.29, 1.82) is 0 Å². The molecule has 3 aromatic carbocycles. The molecule has 1 aliphatic rings. The van der Waals surface area contributed by atoms with Crippen LogP contribution in [0.3, 0.4) is 0 Å². The number of amides is 1. The third-order valence-electron chi connectivity index (χ3n) is 5.62. The average molecular weight is 408 g/mol. The smallest absolute Gasteiger partial charge is 0.255 e. The van der Waals surface area contributed by atoms with Crippen molar-refractivity contribution in [3.63, 3.8) is 0 Å². The number of benzene rings is 3. The Bertz CT molecular complexity index is 1520. The highest BCUT2D eigenvalue weighted by molar-refractivity contribution is 6.13. The van der Waals surface area contributed by atoms with E-state index < -0.39 is 6.17 Å². The fourth-order valence-corrected chi connectivity index (χ4v) is 4.14. The SMILES string of the molecule is O=C1NC(c2ccoc2)Nc2c1cc1c(=O)c3ccccc3oc1c2-c1ccccc1. The first-order valence-electron chi connectivity index (χ1n) is 9.88. The monoisotopic (exact) mass is 408 g/mol. The zero-order chi connectivity index (χ0) is 20.9. The molecule has 1 aliphatic heterocycles. The number of hydrogen-bond donors (Lipinski definition) is 2. The Morgan fingerprint density at radius 3 is 2.45 bits per heavy atom. The molecule has 31 heavy (non-hydrogen) atoms. The van der Waals surface area contributed by atoms with Crippen molar-refractivity contribution in [2.75, 3.05) is 5.32 Å². The Labute approximate surface area is 176 Å². The van der Waals surface area contributed by atoms with Crippen LogP contribution in [0.15, 0.2) is 92.9 Å². The van der Waals surface area contributed by atoms with E-state index in [4.69, 9.17) is 8.83 Å². The zero-order valence-corrected chi connectivity index (χ0v) is 16.2. The van der Waals surface area contributed by atoms with E-state index in [1.165, 1.54) is 0 Å². The van der Waals surface area contributed by atoms with Gasteiger partial charge in [-0.1, -0.05) is 42.5 Å². The molecule has 2 N–H and O–H groups in total. The van der Waals surface area contributed by atoms with Crippen molar-refractivity contribution in [2.24, 2.45) is 0 Å². The molecule has 0 aliphatic carbocycles. The van der Waals surface area contributed by atoms with Gasteiger partial charge in [0.1, 0.15) is 17.3 Å². The number of hydrogen-bond acceptors (Lipinski definition) is 5. The number of furan rings is 1. The van der Waals surface area contributed by atoms with Crippen molar-refractivity contribution in [1.82, 2.24) is 5.32 Å². The first-order valence-corrected chi connectivity index (χ1v) is 9.88. The van der Waals surface area contributed by atoms with E-state index in [1.54, 1.807) is 42.9 Å². The van der Waals surface area contributed by atoms with Crippen LogP contribution in [-0.4, -0.2) is 5.91 Å². The van der Waals surface area contributed by atoms with Gasteiger partial charge in [0.05, 0.1) is 34.5 Å². The minimum Gasteiger partial charge on any atom is -0.472 e. The highest BCUT2D eigenvalue weighted by Gasteiger charge is 2.30. The normalized spacial score (nSPS) is 15.5. The quantitative estimate of drug-likeness (QED) is 0.399. The van der Waals surface area contributed by atoms with Crippen LogP contribution in [0.25, 0.3) is 33.1 Å². The number of fused-ring (bicyclic) bond motifs is 3. The minimum absolute atomic E-state index is 0.165. The molecule has 1 unspecified atom stereocenters. The van der Waals surface area contributed by atoms with Gasteiger partial charge in [0, 0.05) is 11.1 Å². The average Bonchev–Trinajstić information content (AvgIpc) is 3.34. The summed E-state index contributed by atoms with van der Waals surface area (Å²) in [7, 11) is 0. The van der Waals surface area contributed by atoms with E-state index in [2.05, 4.69) is 10.6 Å². The fourth-order valence-electron chi connectivity index (χ4n) is 4.14. The maximum Gasteiger partial charge on any atom is 0.255 e. The number of carbonyl (C=O) groups excluding carboxylic acids is 1. The van der Waals surface area contributed by atoms with Gasteiger partial charge < -0.3 is 19.5 Å². The molecule has 3 heterocycles. The summed E-state index contributed by atoms with van der Waals surface area (Å²) in [4.78, 5) is 26.4. The molecule has 5 aromatic rings. The van der Waals surface area contributed by atoms with Gasteiger partial charge >= 0.3 is 0 Å². The van der Waals surface area contributed by atoms with Gasteiger partial charge in [-0.05, 0) is 29.8 Å². The number of carbonyl (C=O) groups is 1. The fraction of sp³-hybridized carbons (Fsp3) is 0.0400. The van der Waals surface area contributed by atoms with E-state index in [0.717, 1.165) is 11.1 Å². The van der Waals surface area contributed by atoms with Gasteiger partial charge in [0.2, 0.25) is 5.43 Å². The Balaban J connectivity index is 1.73. The van der Waals surface area contributed by atoms with Crippen LogP contribution in [0.5, 0.6) is 0 Å². The Morgan fingerprint density at radius 2 is 1.65 bits per heavy atom. The summed E-state index contributed by atoms with van der Waals surface area (Å²) in [6.07, 6.45) is 2.67. The standard InChI is InChI=1S/C25H16N2O4/c28-22-16-8-4-5-9-19(16)31-23-18(22)12-17-21(20(23)14-6-2-1-3-7-14)26-24(27-25(17)29)15-10-11-30-13-15/h1-13,24,26H,(H,27,29). The first-order chi connectivity index (χ1) is 15.2. The molecule has 0 fully saturated rings. The van der Waals surface area contributed by atoms with Gasteiger partial charge in [0.15, 0.2) is 0 Å². The van der Waals surface area contributed by atoms with Crippen LogP contribution < -0.4 is 16.1 Å². The Kier molecular flexibility index (Phi) is 3.73. The van der Waals surface area contributed by atoms with Crippen LogP contribution in [0, 0.1) is 0 Å². The third-order valence-corrected chi connectivity index (χ3v) is 5.62. The molecule has 0 saturated heterocycles. The van der Waals surface area contributed by atoms with Crippen LogP contribution in [0.1, 0.15) is 22.1 Å². The van der Waals surface area contributed by atoms with Crippen LogP contribution in [0.4, 0.5) is 5.69 Å². The maximum atomic E-state index is 13.3. The molecule has 6 heteroatoms. The van der Waals surface area contributed by atoms with E-state index in [1.807, 2.05) is 36.4 Å². The lowest BCUT2D eigenvalue weighted by Crippen LogP contribution is -2.38. The summed E-state index contributed by atoms with van der Waals surface area (Å²) in [6.45, 7) is 0. The summed E-state index contributed by atoms with van der Waals surface area (Å²) in [5, 5.41) is 7.19. The van der Waals surface area contributed by atoms with E-state index >= 15 is 0 Å². The third kappa shape index (κ3) is 2.65. The summed E-state index contributed by atoms with van der Waals surface area (Å²) < 4.78 is 11.4.